The molecule has 0 aliphatic carbocycles. The van der Waals surface area contributed by atoms with E-state index in [2.05, 4.69) is 56.3 Å². The largest absolute Gasteiger partial charge is 0.311 e. The highest BCUT2D eigenvalue weighted by molar-refractivity contribution is 7.10. The van der Waals surface area contributed by atoms with E-state index in [0.29, 0.717) is 12.1 Å². The molecule has 0 aromatic carbocycles. The maximum atomic E-state index is 3.70. The van der Waals surface area contributed by atoms with Gasteiger partial charge in [-0.1, -0.05) is 13.3 Å². The van der Waals surface area contributed by atoms with Crippen LogP contribution in [0.2, 0.25) is 0 Å². The number of hydrogen-bond acceptors (Lipinski definition) is 3. The van der Waals surface area contributed by atoms with Crippen molar-refractivity contribution >= 4 is 11.3 Å². The van der Waals surface area contributed by atoms with Crippen LogP contribution in [0.4, 0.5) is 0 Å². The van der Waals surface area contributed by atoms with E-state index in [0.717, 1.165) is 6.54 Å². The second kappa shape index (κ2) is 6.59. The molecule has 1 aromatic rings. The van der Waals surface area contributed by atoms with Crippen molar-refractivity contribution in [3.8, 4) is 0 Å². The minimum atomic E-state index is 0.207. The molecular formula is C17H30N2S. The SMILES string of the molecule is CCCC(CNC(C)(C)C)N1CCc2sccc2C1C. The summed E-state index contributed by atoms with van der Waals surface area (Å²) < 4.78 is 0. The van der Waals surface area contributed by atoms with Gasteiger partial charge >= 0.3 is 0 Å². The lowest BCUT2D eigenvalue weighted by atomic mass is 9.97. The van der Waals surface area contributed by atoms with Gasteiger partial charge in [0.05, 0.1) is 0 Å². The Kier molecular flexibility index (Phi) is 5.27. The van der Waals surface area contributed by atoms with Gasteiger partial charge in [0.2, 0.25) is 0 Å². The van der Waals surface area contributed by atoms with Crippen LogP contribution in [-0.2, 0) is 6.42 Å². The Morgan fingerprint density at radius 2 is 2.20 bits per heavy atom. The lowest BCUT2D eigenvalue weighted by Crippen LogP contribution is -2.50. The van der Waals surface area contributed by atoms with Crippen LogP contribution >= 0.6 is 11.3 Å². The molecule has 2 heterocycles. The smallest absolute Gasteiger partial charge is 0.0334 e. The molecule has 0 fully saturated rings. The van der Waals surface area contributed by atoms with Gasteiger partial charge in [0.25, 0.3) is 0 Å². The van der Waals surface area contributed by atoms with E-state index in [-0.39, 0.29) is 5.54 Å². The molecule has 2 unspecified atom stereocenters. The third kappa shape index (κ3) is 3.84. The van der Waals surface area contributed by atoms with Crippen LogP contribution < -0.4 is 5.32 Å². The van der Waals surface area contributed by atoms with Gasteiger partial charge in [-0.05, 0) is 57.5 Å². The highest BCUT2D eigenvalue weighted by Crippen LogP contribution is 2.34. The summed E-state index contributed by atoms with van der Waals surface area (Å²) in [5.41, 5.74) is 1.77. The molecule has 3 heteroatoms. The first kappa shape index (κ1) is 16.0. The molecular weight excluding hydrogens is 264 g/mol. The molecule has 1 aromatic heterocycles. The second-order valence-corrected chi connectivity index (χ2v) is 8.04. The Hall–Kier alpha value is -0.380. The summed E-state index contributed by atoms with van der Waals surface area (Å²) in [4.78, 5) is 4.32. The third-order valence-corrected chi connectivity index (χ3v) is 5.28. The van der Waals surface area contributed by atoms with Crippen molar-refractivity contribution < 1.29 is 0 Å². The predicted molar refractivity (Wildman–Crippen MR) is 89.6 cm³/mol. The maximum absolute atomic E-state index is 3.70. The zero-order valence-corrected chi connectivity index (χ0v) is 14.5. The van der Waals surface area contributed by atoms with Crippen molar-refractivity contribution in [1.82, 2.24) is 10.2 Å². The van der Waals surface area contributed by atoms with Gasteiger partial charge < -0.3 is 5.32 Å². The standard InChI is InChI=1S/C17H30N2S/c1-6-7-14(12-18-17(3,4)5)19-10-8-16-15(13(19)2)9-11-20-16/h9,11,13-14,18H,6-8,10,12H2,1-5H3. The molecule has 114 valence electrons. The van der Waals surface area contributed by atoms with E-state index in [9.17, 15) is 0 Å². The number of rotatable bonds is 5. The van der Waals surface area contributed by atoms with Gasteiger partial charge in [0, 0.05) is 35.6 Å². The highest BCUT2D eigenvalue weighted by Gasteiger charge is 2.30. The van der Waals surface area contributed by atoms with Crippen molar-refractivity contribution in [2.45, 2.75) is 71.5 Å². The quantitative estimate of drug-likeness (QED) is 0.874. The summed E-state index contributed by atoms with van der Waals surface area (Å²) in [6.45, 7) is 13.8. The Balaban J connectivity index is 2.06. The molecule has 0 spiro atoms. The topological polar surface area (TPSA) is 15.3 Å². The molecule has 0 saturated heterocycles. The lowest BCUT2D eigenvalue weighted by Gasteiger charge is -2.41. The highest BCUT2D eigenvalue weighted by atomic mass is 32.1. The average Bonchev–Trinajstić information content (AvgIpc) is 2.83. The number of thiophene rings is 1. The third-order valence-electron chi connectivity index (χ3n) is 4.28. The minimum Gasteiger partial charge on any atom is -0.311 e. The van der Waals surface area contributed by atoms with E-state index in [1.807, 2.05) is 11.3 Å². The van der Waals surface area contributed by atoms with E-state index in [1.165, 1.54) is 25.8 Å². The summed E-state index contributed by atoms with van der Waals surface area (Å²) in [6, 6.07) is 3.56. The first-order valence-corrected chi connectivity index (χ1v) is 8.87. The predicted octanol–water partition coefficient (Wildman–Crippen LogP) is 4.22. The van der Waals surface area contributed by atoms with Crippen LogP contribution in [0.1, 0.15) is 63.9 Å². The second-order valence-electron chi connectivity index (χ2n) is 7.04. The van der Waals surface area contributed by atoms with Gasteiger partial charge in [0.15, 0.2) is 0 Å². The molecule has 1 aliphatic rings. The molecule has 2 nitrogen and oxygen atoms in total. The van der Waals surface area contributed by atoms with E-state index < -0.39 is 0 Å². The average molecular weight is 295 g/mol. The summed E-state index contributed by atoms with van der Waals surface area (Å²) in [5.74, 6) is 0. The summed E-state index contributed by atoms with van der Waals surface area (Å²) in [6.07, 6.45) is 3.77. The van der Waals surface area contributed by atoms with Crippen molar-refractivity contribution in [2.75, 3.05) is 13.1 Å². The summed E-state index contributed by atoms with van der Waals surface area (Å²) in [5, 5.41) is 5.96. The van der Waals surface area contributed by atoms with Gasteiger partial charge in [-0.15, -0.1) is 11.3 Å². The first-order chi connectivity index (χ1) is 9.42. The van der Waals surface area contributed by atoms with Crippen LogP contribution in [0.25, 0.3) is 0 Å². The molecule has 1 N–H and O–H groups in total. The molecule has 0 saturated carbocycles. The Morgan fingerprint density at radius 3 is 2.85 bits per heavy atom. The fourth-order valence-electron chi connectivity index (χ4n) is 3.17. The van der Waals surface area contributed by atoms with Crippen LogP contribution in [-0.4, -0.2) is 29.6 Å². The molecule has 0 radical (unpaired) electrons. The molecule has 0 bridgehead atoms. The molecule has 0 amide bonds. The number of hydrogen-bond donors (Lipinski definition) is 1. The van der Waals surface area contributed by atoms with E-state index in [1.54, 1.807) is 10.4 Å². The number of nitrogens with one attached hydrogen (secondary N) is 1. The van der Waals surface area contributed by atoms with Gasteiger partial charge in [-0.3, -0.25) is 4.90 Å². The Bertz CT molecular complexity index is 419. The maximum Gasteiger partial charge on any atom is 0.0334 e. The monoisotopic (exact) mass is 294 g/mol. The van der Waals surface area contributed by atoms with Gasteiger partial charge in [0.1, 0.15) is 0 Å². The minimum absolute atomic E-state index is 0.207. The van der Waals surface area contributed by atoms with Crippen molar-refractivity contribution in [2.24, 2.45) is 0 Å². The Morgan fingerprint density at radius 1 is 1.45 bits per heavy atom. The number of fused-ring (bicyclic) bond motifs is 1. The van der Waals surface area contributed by atoms with Crippen molar-refractivity contribution in [1.29, 1.82) is 0 Å². The fourth-order valence-corrected chi connectivity index (χ4v) is 4.13. The molecule has 2 rings (SSSR count). The van der Waals surface area contributed by atoms with Crippen molar-refractivity contribution in [3.63, 3.8) is 0 Å². The van der Waals surface area contributed by atoms with Crippen LogP contribution in [0, 0.1) is 0 Å². The summed E-state index contributed by atoms with van der Waals surface area (Å²) >= 11 is 1.93. The summed E-state index contributed by atoms with van der Waals surface area (Å²) in [7, 11) is 0. The first-order valence-electron chi connectivity index (χ1n) is 7.99. The lowest BCUT2D eigenvalue weighted by molar-refractivity contribution is 0.119. The molecule has 2 atom stereocenters. The molecule has 1 aliphatic heterocycles. The fraction of sp³-hybridized carbons (Fsp3) is 0.765. The van der Waals surface area contributed by atoms with Crippen LogP contribution in [0.15, 0.2) is 11.4 Å². The van der Waals surface area contributed by atoms with Crippen LogP contribution in [0.3, 0.4) is 0 Å². The molecule has 20 heavy (non-hydrogen) atoms. The van der Waals surface area contributed by atoms with Crippen LogP contribution in [0.5, 0.6) is 0 Å². The van der Waals surface area contributed by atoms with Crippen molar-refractivity contribution in [3.05, 3.63) is 21.9 Å². The number of nitrogens with zero attached hydrogens (tertiary/aromatic N) is 1. The van der Waals surface area contributed by atoms with E-state index in [4.69, 9.17) is 0 Å². The van der Waals surface area contributed by atoms with E-state index >= 15 is 0 Å². The normalized spacial score (nSPS) is 21.8. The zero-order chi connectivity index (χ0) is 14.8. The van der Waals surface area contributed by atoms with Gasteiger partial charge in [-0.25, -0.2) is 0 Å². The zero-order valence-electron chi connectivity index (χ0n) is 13.7. The Labute approximate surface area is 128 Å². The van der Waals surface area contributed by atoms with Gasteiger partial charge in [-0.2, -0.15) is 0 Å².